The summed E-state index contributed by atoms with van der Waals surface area (Å²) >= 11 is 0. The fourth-order valence-electron chi connectivity index (χ4n) is 3.36. The first-order valence-electron chi connectivity index (χ1n) is 11.1. The molecule has 2 aromatic carbocycles. The van der Waals surface area contributed by atoms with Gasteiger partial charge in [-0.05, 0) is 18.1 Å². The quantitative estimate of drug-likeness (QED) is 0.474. The average molecular weight is 378 g/mol. The molecule has 0 amide bonds. The highest BCUT2D eigenvalue weighted by Gasteiger charge is 2.17. The first-order valence-corrected chi connectivity index (χ1v) is 11.1. The van der Waals surface area contributed by atoms with Crippen molar-refractivity contribution in [1.82, 2.24) is 0 Å². The molecule has 2 aromatic rings. The Balaban J connectivity index is 0.000000329. The van der Waals surface area contributed by atoms with Gasteiger partial charge in [-0.1, -0.05) is 127 Å². The van der Waals surface area contributed by atoms with E-state index in [0.29, 0.717) is 6.54 Å². The minimum absolute atomic E-state index is 0.695. The second-order valence-corrected chi connectivity index (χ2v) is 6.80. The average Bonchev–Trinajstić information content (AvgIpc) is 2.79. The van der Waals surface area contributed by atoms with Gasteiger partial charge < -0.3 is 0 Å². The van der Waals surface area contributed by atoms with Crippen LogP contribution in [-0.2, 0) is 0 Å². The van der Waals surface area contributed by atoms with Crippen LogP contribution in [0.1, 0.15) is 88.5 Å². The smallest absolute Gasteiger partial charge is 0.0729 e. The summed E-state index contributed by atoms with van der Waals surface area (Å²) in [6, 6.07) is 16.9. The summed E-state index contributed by atoms with van der Waals surface area (Å²) in [6.07, 6.45) is 9.00. The number of nitrogens with zero attached hydrogens (tertiary/aromatic N) is 1. The summed E-state index contributed by atoms with van der Waals surface area (Å²) in [5.74, 6) is 0. The van der Waals surface area contributed by atoms with Crippen molar-refractivity contribution in [3.05, 3.63) is 77.4 Å². The van der Waals surface area contributed by atoms with E-state index in [0.717, 1.165) is 11.3 Å². The van der Waals surface area contributed by atoms with Crippen LogP contribution in [0.15, 0.2) is 60.1 Å². The van der Waals surface area contributed by atoms with Crippen LogP contribution < -0.4 is 0 Å². The van der Waals surface area contributed by atoms with Gasteiger partial charge in [-0.2, -0.15) is 0 Å². The Bertz CT molecular complexity index is 707. The standard InChI is InChI=1S/C17H15N.C6H12.2C2H6/c1-12-7-9-14(10-8-12)17-16-6-4-3-5-15(16)13(2)11-18-17;1-2-4-6-5-3-1;2*1-2/h3-10H,2,11H2,1H3;1-6H2;2*1-2H3. The normalized spacial score (nSPS) is 14.6. The van der Waals surface area contributed by atoms with Gasteiger partial charge in [0, 0.05) is 11.1 Å². The molecule has 1 aliphatic carbocycles. The Labute approximate surface area is 173 Å². The van der Waals surface area contributed by atoms with Crippen molar-refractivity contribution in [3.63, 3.8) is 0 Å². The predicted molar refractivity (Wildman–Crippen MR) is 128 cm³/mol. The van der Waals surface area contributed by atoms with Gasteiger partial charge >= 0.3 is 0 Å². The molecule has 1 heterocycles. The van der Waals surface area contributed by atoms with Gasteiger partial charge in [-0.3, -0.25) is 4.99 Å². The predicted octanol–water partition coefficient (Wildman–Crippen LogP) is 8.25. The van der Waals surface area contributed by atoms with Crippen LogP contribution in [0, 0.1) is 6.92 Å². The molecule has 1 fully saturated rings. The van der Waals surface area contributed by atoms with Gasteiger partial charge in [0.1, 0.15) is 0 Å². The summed E-state index contributed by atoms with van der Waals surface area (Å²) in [5, 5.41) is 0. The zero-order valence-electron chi connectivity index (χ0n) is 18.7. The van der Waals surface area contributed by atoms with E-state index < -0.39 is 0 Å². The lowest BCUT2D eigenvalue weighted by Crippen LogP contribution is -2.12. The number of rotatable bonds is 1. The Morgan fingerprint density at radius 2 is 1.14 bits per heavy atom. The third-order valence-electron chi connectivity index (χ3n) is 4.82. The number of hydrogen-bond acceptors (Lipinski definition) is 1. The monoisotopic (exact) mass is 377 g/mol. The van der Waals surface area contributed by atoms with Gasteiger partial charge in [0.2, 0.25) is 0 Å². The van der Waals surface area contributed by atoms with Gasteiger partial charge in [-0.25, -0.2) is 0 Å². The van der Waals surface area contributed by atoms with Crippen molar-refractivity contribution in [3.8, 4) is 0 Å². The fourth-order valence-corrected chi connectivity index (χ4v) is 3.36. The van der Waals surface area contributed by atoms with Crippen LogP contribution >= 0.6 is 0 Å². The fraction of sp³-hybridized carbons (Fsp3) is 0.444. The Kier molecular flexibility index (Phi) is 11.9. The molecule has 0 unspecified atom stereocenters. The van der Waals surface area contributed by atoms with E-state index in [2.05, 4.69) is 67.0 Å². The molecule has 0 N–H and O–H groups in total. The van der Waals surface area contributed by atoms with Gasteiger partial charge in [0.25, 0.3) is 0 Å². The molecule has 0 atom stereocenters. The van der Waals surface area contributed by atoms with Crippen LogP contribution in [0.4, 0.5) is 0 Å². The molecule has 1 aliphatic heterocycles. The van der Waals surface area contributed by atoms with E-state index >= 15 is 0 Å². The molecular formula is C27H39N. The SMILES string of the molecule is C1CCCCC1.C=C1CN=C(c2ccc(C)cc2)c2ccccc21.CC.CC. The third kappa shape index (κ3) is 7.11. The van der Waals surface area contributed by atoms with E-state index in [-0.39, 0.29) is 0 Å². The summed E-state index contributed by atoms with van der Waals surface area (Å²) in [6.45, 7) is 14.9. The molecular weight excluding hydrogens is 338 g/mol. The number of aliphatic imine (C=N–C) groups is 1. The highest BCUT2D eigenvalue weighted by atomic mass is 14.8. The number of benzene rings is 2. The Morgan fingerprint density at radius 1 is 0.679 bits per heavy atom. The van der Waals surface area contributed by atoms with Crippen molar-refractivity contribution in [2.75, 3.05) is 6.54 Å². The molecule has 152 valence electrons. The van der Waals surface area contributed by atoms with Crippen molar-refractivity contribution in [2.45, 2.75) is 73.1 Å². The van der Waals surface area contributed by atoms with Crippen molar-refractivity contribution >= 4 is 11.3 Å². The lowest BCUT2D eigenvalue weighted by Gasteiger charge is -2.18. The van der Waals surface area contributed by atoms with Gasteiger partial charge in [0.15, 0.2) is 0 Å². The number of aryl methyl sites for hydroxylation is 1. The maximum absolute atomic E-state index is 4.67. The minimum atomic E-state index is 0.695. The van der Waals surface area contributed by atoms with E-state index in [1.54, 1.807) is 0 Å². The van der Waals surface area contributed by atoms with E-state index in [1.165, 1.54) is 60.8 Å². The molecule has 0 saturated heterocycles. The molecule has 1 nitrogen and oxygen atoms in total. The summed E-state index contributed by atoms with van der Waals surface area (Å²) in [5.41, 5.74) is 7.05. The molecule has 0 aromatic heterocycles. The summed E-state index contributed by atoms with van der Waals surface area (Å²) in [7, 11) is 0. The lowest BCUT2D eigenvalue weighted by atomic mass is 9.91. The molecule has 28 heavy (non-hydrogen) atoms. The molecule has 1 saturated carbocycles. The first kappa shape index (κ1) is 23.9. The topological polar surface area (TPSA) is 12.4 Å². The zero-order chi connectivity index (χ0) is 20.8. The third-order valence-corrected chi connectivity index (χ3v) is 4.82. The maximum Gasteiger partial charge on any atom is 0.0729 e. The highest BCUT2D eigenvalue weighted by molar-refractivity contribution is 6.16. The highest BCUT2D eigenvalue weighted by Crippen LogP contribution is 2.26. The molecule has 0 bridgehead atoms. The van der Waals surface area contributed by atoms with E-state index in [4.69, 9.17) is 0 Å². The second kappa shape index (κ2) is 13.9. The summed E-state index contributed by atoms with van der Waals surface area (Å²) in [4.78, 5) is 4.67. The number of hydrogen-bond donors (Lipinski definition) is 0. The van der Waals surface area contributed by atoms with Gasteiger partial charge in [0.05, 0.1) is 12.3 Å². The number of fused-ring (bicyclic) bond motifs is 1. The maximum atomic E-state index is 4.67. The molecule has 0 radical (unpaired) electrons. The van der Waals surface area contributed by atoms with Crippen molar-refractivity contribution in [2.24, 2.45) is 4.99 Å². The molecule has 4 rings (SSSR count). The Hall–Kier alpha value is -2.15. The van der Waals surface area contributed by atoms with Crippen molar-refractivity contribution in [1.29, 1.82) is 0 Å². The van der Waals surface area contributed by atoms with Crippen molar-refractivity contribution < 1.29 is 0 Å². The zero-order valence-corrected chi connectivity index (χ0v) is 18.7. The van der Waals surface area contributed by atoms with E-state index in [9.17, 15) is 0 Å². The minimum Gasteiger partial charge on any atom is -0.279 e. The lowest BCUT2D eigenvalue weighted by molar-refractivity contribution is 0.504. The molecule has 0 spiro atoms. The van der Waals surface area contributed by atoms with Crippen LogP contribution in [0.5, 0.6) is 0 Å². The summed E-state index contributed by atoms with van der Waals surface area (Å²) < 4.78 is 0. The van der Waals surface area contributed by atoms with Crippen LogP contribution in [-0.4, -0.2) is 12.3 Å². The first-order chi connectivity index (χ1) is 13.8. The van der Waals surface area contributed by atoms with Gasteiger partial charge in [-0.15, -0.1) is 0 Å². The van der Waals surface area contributed by atoms with Crippen LogP contribution in [0.25, 0.3) is 5.57 Å². The molecule has 1 heteroatoms. The van der Waals surface area contributed by atoms with Crippen LogP contribution in [0.3, 0.4) is 0 Å². The van der Waals surface area contributed by atoms with Crippen LogP contribution in [0.2, 0.25) is 0 Å². The second-order valence-electron chi connectivity index (χ2n) is 6.80. The molecule has 2 aliphatic rings. The van der Waals surface area contributed by atoms with E-state index in [1.807, 2.05) is 27.7 Å². The largest absolute Gasteiger partial charge is 0.279 e. The Morgan fingerprint density at radius 3 is 1.64 bits per heavy atom.